The third kappa shape index (κ3) is 2.81. The van der Waals surface area contributed by atoms with Gasteiger partial charge < -0.3 is 9.80 Å². The first kappa shape index (κ1) is 16.0. The lowest BCUT2D eigenvalue weighted by molar-refractivity contribution is -0.141. The number of benzene rings is 1. The molecule has 6 heteroatoms. The van der Waals surface area contributed by atoms with Gasteiger partial charge in [0.25, 0.3) is 11.8 Å². The topological polar surface area (TPSA) is 60.9 Å². The molecule has 118 valence electrons. The smallest absolute Gasteiger partial charge is 0.327 e. The Hall–Kier alpha value is -2.37. The van der Waals surface area contributed by atoms with Gasteiger partial charge in [-0.25, -0.2) is 9.69 Å². The normalized spacial score (nSPS) is 16.1. The predicted molar refractivity (Wildman–Crippen MR) is 82.0 cm³/mol. The van der Waals surface area contributed by atoms with Crippen LogP contribution < -0.4 is 0 Å². The Morgan fingerprint density at radius 3 is 2.23 bits per heavy atom. The van der Waals surface area contributed by atoms with E-state index in [0.717, 1.165) is 4.90 Å². The van der Waals surface area contributed by atoms with Crippen molar-refractivity contribution in [1.82, 2.24) is 14.7 Å². The van der Waals surface area contributed by atoms with Gasteiger partial charge in [-0.3, -0.25) is 9.59 Å². The summed E-state index contributed by atoms with van der Waals surface area (Å²) in [6.07, 6.45) is 0. The molecule has 1 unspecified atom stereocenters. The number of imide groups is 1. The first-order valence-corrected chi connectivity index (χ1v) is 7.42. The van der Waals surface area contributed by atoms with Crippen LogP contribution in [0.1, 0.15) is 25.5 Å². The molecule has 0 spiro atoms. The van der Waals surface area contributed by atoms with E-state index in [1.807, 2.05) is 19.9 Å². The van der Waals surface area contributed by atoms with Crippen molar-refractivity contribution >= 4 is 17.8 Å². The van der Waals surface area contributed by atoms with E-state index in [0.29, 0.717) is 18.7 Å². The zero-order chi connectivity index (χ0) is 16.3. The molecule has 1 aliphatic rings. The number of hydrogen-bond acceptors (Lipinski definition) is 3. The van der Waals surface area contributed by atoms with Gasteiger partial charge in [0.2, 0.25) is 0 Å². The maximum atomic E-state index is 12.9. The predicted octanol–water partition coefficient (Wildman–Crippen LogP) is 1.49. The molecule has 1 heterocycles. The highest BCUT2D eigenvalue weighted by Crippen LogP contribution is 2.27. The van der Waals surface area contributed by atoms with E-state index < -0.39 is 12.1 Å². The van der Waals surface area contributed by atoms with Crippen molar-refractivity contribution in [1.29, 1.82) is 0 Å². The van der Waals surface area contributed by atoms with Crippen LogP contribution in [0.25, 0.3) is 0 Å². The highest BCUT2D eigenvalue weighted by molar-refractivity contribution is 6.05. The van der Waals surface area contributed by atoms with Crippen LogP contribution in [0.4, 0.5) is 4.79 Å². The number of rotatable bonds is 5. The van der Waals surface area contributed by atoms with Crippen LogP contribution >= 0.6 is 0 Å². The van der Waals surface area contributed by atoms with Gasteiger partial charge in [-0.1, -0.05) is 30.3 Å². The summed E-state index contributed by atoms with van der Waals surface area (Å²) in [4.78, 5) is 41.4. The fourth-order valence-electron chi connectivity index (χ4n) is 2.64. The van der Waals surface area contributed by atoms with Crippen LogP contribution in [0, 0.1) is 0 Å². The summed E-state index contributed by atoms with van der Waals surface area (Å²) in [5, 5.41) is 0. The van der Waals surface area contributed by atoms with Crippen molar-refractivity contribution < 1.29 is 14.4 Å². The molecule has 1 aromatic carbocycles. The number of urea groups is 1. The van der Waals surface area contributed by atoms with Gasteiger partial charge in [-0.05, 0) is 19.4 Å². The zero-order valence-corrected chi connectivity index (χ0v) is 13.2. The SMILES string of the molecule is CCN(CC)C(=O)C(c1ccccc1)N1C(=O)CN(C)C1=O. The van der Waals surface area contributed by atoms with E-state index in [1.54, 1.807) is 36.2 Å². The Bertz CT molecular complexity index is 569. The number of hydrogen-bond donors (Lipinski definition) is 0. The summed E-state index contributed by atoms with van der Waals surface area (Å²) in [5.74, 6) is -0.574. The maximum Gasteiger partial charge on any atom is 0.327 e. The Labute approximate surface area is 130 Å². The lowest BCUT2D eigenvalue weighted by atomic mass is 10.0. The van der Waals surface area contributed by atoms with E-state index >= 15 is 0 Å². The summed E-state index contributed by atoms with van der Waals surface area (Å²) >= 11 is 0. The minimum atomic E-state index is -0.897. The second kappa shape index (κ2) is 6.60. The number of amides is 4. The van der Waals surface area contributed by atoms with Gasteiger partial charge in [0.1, 0.15) is 12.6 Å². The Kier molecular flexibility index (Phi) is 4.80. The lowest BCUT2D eigenvalue weighted by Crippen LogP contribution is -2.45. The van der Waals surface area contributed by atoms with E-state index in [2.05, 4.69) is 0 Å². The Morgan fingerprint density at radius 1 is 1.18 bits per heavy atom. The largest absolute Gasteiger partial charge is 0.341 e. The lowest BCUT2D eigenvalue weighted by Gasteiger charge is -2.30. The minimum absolute atomic E-state index is 0.00764. The molecular weight excluding hydrogens is 282 g/mol. The standard InChI is InChI=1S/C16H21N3O3/c1-4-18(5-2)15(21)14(12-9-7-6-8-10-12)19-13(20)11-17(3)16(19)22/h6-10,14H,4-5,11H2,1-3H3. The van der Waals surface area contributed by atoms with Crippen molar-refractivity contribution in [3.8, 4) is 0 Å². The first-order valence-electron chi connectivity index (χ1n) is 7.42. The van der Waals surface area contributed by atoms with Crippen LogP contribution in [0.5, 0.6) is 0 Å². The van der Waals surface area contributed by atoms with Crippen LogP contribution in [-0.2, 0) is 9.59 Å². The molecule has 1 fully saturated rings. The minimum Gasteiger partial charge on any atom is -0.341 e. The average molecular weight is 303 g/mol. The van der Waals surface area contributed by atoms with Gasteiger partial charge in [0.15, 0.2) is 0 Å². The van der Waals surface area contributed by atoms with Gasteiger partial charge in [-0.2, -0.15) is 0 Å². The first-order chi connectivity index (χ1) is 10.5. The molecule has 1 aliphatic heterocycles. The molecule has 6 nitrogen and oxygen atoms in total. The van der Waals surface area contributed by atoms with Crippen molar-refractivity contribution in [2.75, 3.05) is 26.7 Å². The van der Waals surface area contributed by atoms with E-state index in [9.17, 15) is 14.4 Å². The Morgan fingerprint density at radius 2 is 1.77 bits per heavy atom. The van der Waals surface area contributed by atoms with Gasteiger partial charge >= 0.3 is 6.03 Å². The molecule has 1 saturated heterocycles. The number of carbonyl (C=O) groups excluding carboxylic acids is 3. The fourth-order valence-corrected chi connectivity index (χ4v) is 2.64. The fraction of sp³-hybridized carbons (Fsp3) is 0.438. The van der Waals surface area contributed by atoms with Crippen LogP contribution in [-0.4, -0.2) is 59.2 Å². The summed E-state index contributed by atoms with van der Waals surface area (Å²) in [7, 11) is 1.56. The molecule has 0 bridgehead atoms. The third-order valence-corrected chi connectivity index (χ3v) is 3.86. The van der Waals surface area contributed by atoms with Crippen molar-refractivity contribution in [2.45, 2.75) is 19.9 Å². The molecule has 22 heavy (non-hydrogen) atoms. The van der Waals surface area contributed by atoms with Crippen molar-refractivity contribution in [2.24, 2.45) is 0 Å². The highest BCUT2D eigenvalue weighted by atomic mass is 16.2. The molecule has 1 atom stereocenters. The highest BCUT2D eigenvalue weighted by Gasteiger charge is 2.43. The zero-order valence-electron chi connectivity index (χ0n) is 13.2. The third-order valence-electron chi connectivity index (χ3n) is 3.86. The summed E-state index contributed by atoms with van der Waals surface area (Å²) in [6.45, 7) is 4.83. The van der Waals surface area contributed by atoms with E-state index in [4.69, 9.17) is 0 Å². The average Bonchev–Trinajstić information content (AvgIpc) is 2.76. The molecule has 4 amide bonds. The van der Waals surface area contributed by atoms with Crippen LogP contribution in [0.3, 0.4) is 0 Å². The summed E-state index contributed by atoms with van der Waals surface area (Å²) in [5.41, 5.74) is 0.649. The Balaban J connectivity index is 2.45. The van der Waals surface area contributed by atoms with Crippen molar-refractivity contribution in [3.63, 3.8) is 0 Å². The second-order valence-corrected chi connectivity index (χ2v) is 5.23. The molecule has 0 saturated carbocycles. The van der Waals surface area contributed by atoms with Crippen LogP contribution in [0.15, 0.2) is 30.3 Å². The van der Waals surface area contributed by atoms with Gasteiger partial charge in [0.05, 0.1) is 0 Å². The molecular formula is C16H21N3O3. The number of nitrogens with zero attached hydrogens (tertiary/aromatic N) is 3. The molecule has 1 aromatic rings. The van der Waals surface area contributed by atoms with E-state index in [1.165, 1.54) is 4.90 Å². The molecule has 0 aromatic heterocycles. The van der Waals surface area contributed by atoms with Gasteiger partial charge in [0, 0.05) is 20.1 Å². The summed E-state index contributed by atoms with van der Waals surface area (Å²) < 4.78 is 0. The molecule has 0 radical (unpaired) electrons. The van der Waals surface area contributed by atoms with E-state index in [-0.39, 0.29) is 18.4 Å². The quantitative estimate of drug-likeness (QED) is 0.774. The second-order valence-electron chi connectivity index (χ2n) is 5.23. The monoisotopic (exact) mass is 303 g/mol. The maximum absolute atomic E-state index is 12.9. The van der Waals surface area contributed by atoms with Crippen LogP contribution in [0.2, 0.25) is 0 Å². The molecule has 2 rings (SSSR count). The molecule has 0 aliphatic carbocycles. The van der Waals surface area contributed by atoms with Crippen molar-refractivity contribution in [3.05, 3.63) is 35.9 Å². The number of carbonyl (C=O) groups is 3. The summed E-state index contributed by atoms with van der Waals surface area (Å²) in [6, 6.07) is 7.64. The molecule has 0 N–H and O–H groups in total. The van der Waals surface area contributed by atoms with Gasteiger partial charge in [-0.15, -0.1) is 0 Å². The number of likely N-dealkylation sites (N-methyl/N-ethyl adjacent to an activating group) is 2.